The summed E-state index contributed by atoms with van der Waals surface area (Å²) in [7, 11) is 0. The van der Waals surface area contributed by atoms with Gasteiger partial charge in [-0.25, -0.2) is 9.18 Å². The van der Waals surface area contributed by atoms with Gasteiger partial charge in [-0.05, 0) is 54.1 Å². The predicted molar refractivity (Wildman–Crippen MR) is 112 cm³/mol. The number of rotatable bonds is 5. The summed E-state index contributed by atoms with van der Waals surface area (Å²) < 4.78 is 18.9. The van der Waals surface area contributed by atoms with Crippen LogP contribution in [0.4, 0.5) is 14.9 Å². The van der Waals surface area contributed by atoms with Gasteiger partial charge in [0.15, 0.2) is 0 Å². The monoisotopic (exact) mass is 422 g/mol. The summed E-state index contributed by atoms with van der Waals surface area (Å²) in [6.07, 6.45) is 0. The van der Waals surface area contributed by atoms with Crippen molar-refractivity contribution in [1.29, 1.82) is 0 Å². The number of hydrogen-bond donors (Lipinski definition) is 2. The van der Waals surface area contributed by atoms with Crippen molar-refractivity contribution in [2.45, 2.75) is 6.04 Å². The minimum atomic E-state index is -0.680. The number of carbonyl (C=O) groups is 1. The molecule has 4 rings (SSSR count). The molecule has 0 spiro atoms. The third-order valence-electron chi connectivity index (χ3n) is 4.29. The SMILES string of the molecule is O=C(Nc1ccc(F)cc1)N[C@H](c1ccccc1)c1nnc(-c2ccc(Cl)cc2)o1. The molecule has 1 aromatic heterocycles. The molecule has 0 unspecified atom stereocenters. The molecule has 2 N–H and O–H groups in total. The smallest absolute Gasteiger partial charge is 0.320 e. The van der Waals surface area contributed by atoms with E-state index in [1.807, 2.05) is 30.3 Å². The Kier molecular flexibility index (Phi) is 5.72. The van der Waals surface area contributed by atoms with Crippen LogP contribution >= 0.6 is 11.6 Å². The Morgan fingerprint density at radius 1 is 0.933 bits per heavy atom. The van der Waals surface area contributed by atoms with E-state index in [1.165, 1.54) is 24.3 Å². The first-order valence-corrected chi connectivity index (χ1v) is 9.43. The molecule has 4 aromatic rings. The number of nitrogens with zero attached hydrogens (tertiary/aromatic N) is 2. The lowest BCUT2D eigenvalue weighted by atomic mass is 10.1. The molecule has 2 amide bonds. The first-order chi connectivity index (χ1) is 14.6. The molecular formula is C22H16ClFN4O2. The largest absolute Gasteiger partial charge is 0.418 e. The summed E-state index contributed by atoms with van der Waals surface area (Å²) in [5.74, 6) is 0.146. The summed E-state index contributed by atoms with van der Waals surface area (Å²) in [6, 6.07) is 20.5. The molecule has 0 radical (unpaired) electrons. The number of aromatic nitrogens is 2. The normalized spacial score (nSPS) is 11.7. The van der Waals surface area contributed by atoms with E-state index in [4.69, 9.17) is 16.0 Å². The van der Waals surface area contributed by atoms with Crippen molar-refractivity contribution >= 4 is 23.3 Å². The molecule has 1 heterocycles. The molecule has 30 heavy (non-hydrogen) atoms. The van der Waals surface area contributed by atoms with Crippen LogP contribution in [0.3, 0.4) is 0 Å². The summed E-state index contributed by atoms with van der Waals surface area (Å²) in [5, 5.41) is 14.3. The van der Waals surface area contributed by atoms with Gasteiger partial charge in [0.2, 0.25) is 11.8 Å². The van der Waals surface area contributed by atoms with Crippen LogP contribution in [0.5, 0.6) is 0 Å². The number of urea groups is 1. The van der Waals surface area contributed by atoms with Gasteiger partial charge in [0.25, 0.3) is 0 Å². The molecule has 6 nitrogen and oxygen atoms in total. The Bertz CT molecular complexity index is 1130. The lowest BCUT2D eigenvalue weighted by Gasteiger charge is -2.16. The standard InChI is InChI=1S/C22H16ClFN4O2/c23-16-8-6-15(7-9-16)20-27-28-21(30-20)19(14-4-2-1-3-5-14)26-22(29)25-18-12-10-17(24)11-13-18/h1-13,19H,(H2,25,26,29)/t19-/m1/s1. The van der Waals surface area contributed by atoms with E-state index in [0.29, 0.717) is 22.2 Å². The van der Waals surface area contributed by atoms with Crippen LogP contribution in [0.25, 0.3) is 11.5 Å². The van der Waals surface area contributed by atoms with Gasteiger partial charge in [0.1, 0.15) is 11.9 Å². The summed E-state index contributed by atoms with van der Waals surface area (Å²) >= 11 is 5.93. The third kappa shape index (κ3) is 4.64. The van der Waals surface area contributed by atoms with Crippen molar-refractivity contribution < 1.29 is 13.6 Å². The molecule has 0 bridgehead atoms. The summed E-state index contributed by atoms with van der Waals surface area (Å²) in [5.41, 5.74) is 1.92. The number of halogens is 2. The van der Waals surface area contributed by atoms with Crippen LogP contribution in [0.2, 0.25) is 5.02 Å². The highest BCUT2D eigenvalue weighted by Gasteiger charge is 2.23. The fourth-order valence-corrected chi connectivity index (χ4v) is 2.95. The highest BCUT2D eigenvalue weighted by Crippen LogP contribution is 2.26. The van der Waals surface area contributed by atoms with Crippen LogP contribution in [0, 0.1) is 5.82 Å². The van der Waals surface area contributed by atoms with Gasteiger partial charge in [-0.3, -0.25) is 0 Å². The van der Waals surface area contributed by atoms with Crippen molar-refractivity contribution in [3.63, 3.8) is 0 Å². The molecule has 0 aliphatic heterocycles. The number of hydrogen-bond acceptors (Lipinski definition) is 4. The molecule has 1 atom stereocenters. The Hall–Kier alpha value is -3.71. The Morgan fingerprint density at radius 3 is 2.33 bits per heavy atom. The molecule has 0 saturated carbocycles. The zero-order valence-electron chi connectivity index (χ0n) is 15.5. The van der Waals surface area contributed by atoms with E-state index in [9.17, 15) is 9.18 Å². The second kappa shape index (κ2) is 8.75. The number of benzene rings is 3. The molecule has 3 aromatic carbocycles. The van der Waals surface area contributed by atoms with E-state index < -0.39 is 12.1 Å². The molecule has 0 fully saturated rings. The Morgan fingerprint density at radius 2 is 1.63 bits per heavy atom. The zero-order chi connectivity index (χ0) is 20.9. The van der Waals surface area contributed by atoms with Gasteiger partial charge in [0.05, 0.1) is 0 Å². The lowest BCUT2D eigenvalue weighted by Crippen LogP contribution is -2.33. The molecular weight excluding hydrogens is 407 g/mol. The van der Waals surface area contributed by atoms with Gasteiger partial charge in [-0.2, -0.15) is 0 Å². The summed E-state index contributed by atoms with van der Waals surface area (Å²) in [6.45, 7) is 0. The average Bonchev–Trinajstić information content (AvgIpc) is 3.25. The van der Waals surface area contributed by atoms with Crippen LogP contribution < -0.4 is 10.6 Å². The Labute approximate surface area is 176 Å². The van der Waals surface area contributed by atoms with E-state index >= 15 is 0 Å². The van der Waals surface area contributed by atoms with Crippen molar-refractivity contribution in [3.05, 3.63) is 101 Å². The number of carbonyl (C=O) groups excluding carboxylic acids is 1. The third-order valence-corrected chi connectivity index (χ3v) is 4.54. The van der Waals surface area contributed by atoms with Crippen LogP contribution in [0.15, 0.2) is 83.3 Å². The van der Waals surface area contributed by atoms with E-state index in [2.05, 4.69) is 20.8 Å². The van der Waals surface area contributed by atoms with Crippen LogP contribution in [-0.2, 0) is 0 Å². The first kappa shape index (κ1) is 19.6. The van der Waals surface area contributed by atoms with E-state index in [-0.39, 0.29) is 11.7 Å². The molecule has 150 valence electrons. The zero-order valence-corrected chi connectivity index (χ0v) is 16.3. The second-order valence-electron chi connectivity index (χ2n) is 6.40. The van der Waals surface area contributed by atoms with Gasteiger partial charge in [-0.1, -0.05) is 41.9 Å². The average molecular weight is 423 g/mol. The highest BCUT2D eigenvalue weighted by atomic mass is 35.5. The van der Waals surface area contributed by atoms with E-state index in [1.54, 1.807) is 24.3 Å². The van der Waals surface area contributed by atoms with Crippen LogP contribution in [0.1, 0.15) is 17.5 Å². The van der Waals surface area contributed by atoms with Crippen molar-refractivity contribution in [2.75, 3.05) is 5.32 Å². The van der Waals surface area contributed by atoms with Crippen LogP contribution in [-0.4, -0.2) is 16.2 Å². The lowest BCUT2D eigenvalue weighted by molar-refractivity contribution is 0.248. The number of anilines is 1. The fourth-order valence-electron chi connectivity index (χ4n) is 2.82. The minimum Gasteiger partial charge on any atom is -0.418 e. The predicted octanol–water partition coefficient (Wildman–Crippen LogP) is 5.44. The fraction of sp³-hybridized carbons (Fsp3) is 0.0455. The maximum absolute atomic E-state index is 13.1. The van der Waals surface area contributed by atoms with Crippen molar-refractivity contribution in [2.24, 2.45) is 0 Å². The first-order valence-electron chi connectivity index (χ1n) is 9.06. The van der Waals surface area contributed by atoms with Crippen molar-refractivity contribution in [3.8, 4) is 11.5 Å². The number of nitrogens with one attached hydrogen (secondary N) is 2. The second-order valence-corrected chi connectivity index (χ2v) is 6.84. The molecule has 0 aliphatic rings. The quantitative estimate of drug-likeness (QED) is 0.448. The Balaban J connectivity index is 1.58. The van der Waals surface area contributed by atoms with Gasteiger partial charge >= 0.3 is 6.03 Å². The van der Waals surface area contributed by atoms with Crippen molar-refractivity contribution in [1.82, 2.24) is 15.5 Å². The molecule has 0 saturated heterocycles. The topological polar surface area (TPSA) is 80.0 Å². The van der Waals surface area contributed by atoms with Gasteiger partial charge in [-0.15, -0.1) is 10.2 Å². The number of amides is 2. The van der Waals surface area contributed by atoms with Gasteiger partial charge < -0.3 is 15.1 Å². The maximum atomic E-state index is 13.1. The molecule has 0 aliphatic carbocycles. The molecule has 8 heteroatoms. The van der Waals surface area contributed by atoms with E-state index in [0.717, 1.165) is 5.56 Å². The maximum Gasteiger partial charge on any atom is 0.320 e. The highest BCUT2D eigenvalue weighted by molar-refractivity contribution is 6.30. The van der Waals surface area contributed by atoms with Gasteiger partial charge in [0, 0.05) is 16.3 Å². The summed E-state index contributed by atoms with van der Waals surface area (Å²) in [4.78, 5) is 12.5. The minimum absolute atomic E-state index is 0.223.